The molecule has 2 heterocycles. The molecule has 1 aliphatic heterocycles. The summed E-state index contributed by atoms with van der Waals surface area (Å²) in [5.74, 6) is 0.0789. The van der Waals surface area contributed by atoms with Crippen LogP contribution in [-0.2, 0) is 16.0 Å². The Labute approximate surface area is 175 Å². The van der Waals surface area contributed by atoms with Gasteiger partial charge in [0.2, 0.25) is 5.91 Å². The topological polar surface area (TPSA) is 54.5 Å². The lowest BCUT2D eigenvalue weighted by atomic mass is 10.0. The lowest BCUT2D eigenvalue weighted by molar-refractivity contribution is -0.121. The molecule has 0 bridgehead atoms. The minimum absolute atomic E-state index is 0.0789. The van der Waals surface area contributed by atoms with Crippen molar-refractivity contribution in [3.8, 4) is 0 Å². The molecule has 0 saturated carbocycles. The molecule has 6 heteroatoms. The predicted molar refractivity (Wildman–Crippen MR) is 117 cm³/mol. The SMILES string of the molecule is Cc1cccc(C(CNC(=O)CCc2nc3ccccc3s2)N2CCOCC2)c1. The van der Waals surface area contributed by atoms with Gasteiger partial charge in [-0.1, -0.05) is 42.0 Å². The Hall–Kier alpha value is -2.28. The second-order valence-electron chi connectivity index (χ2n) is 7.46. The predicted octanol–water partition coefficient (Wildman–Crippen LogP) is 3.73. The number of fused-ring (bicyclic) bond motifs is 1. The fourth-order valence-electron chi connectivity index (χ4n) is 3.77. The summed E-state index contributed by atoms with van der Waals surface area (Å²) in [5.41, 5.74) is 3.50. The monoisotopic (exact) mass is 409 g/mol. The van der Waals surface area contributed by atoms with Crippen molar-refractivity contribution in [1.29, 1.82) is 0 Å². The lowest BCUT2D eigenvalue weighted by Crippen LogP contribution is -2.43. The van der Waals surface area contributed by atoms with Crippen LogP contribution >= 0.6 is 11.3 Å². The number of carbonyl (C=O) groups is 1. The molecular weight excluding hydrogens is 382 g/mol. The molecule has 1 N–H and O–H groups in total. The van der Waals surface area contributed by atoms with Gasteiger partial charge in [-0.2, -0.15) is 0 Å². The summed E-state index contributed by atoms with van der Waals surface area (Å²) in [6, 6.07) is 16.8. The van der Waals surface area contributed by atoms with Gasteiger partial charge in [0.05, 0.1) is 34.5 Å². The van der Waals surface area contributed by atoms with E-state index in [9.17, 15) is 4.79 Å². The quantitative estimate of drug-likeness (QED) is 0.646. The van der Waals surface area contributed by atoms with E-state index in [0.717, 1.165) is 36.8 Å². The summed E-state index contributed by atoms with van der Waals surface area (Å²) in [7, 11) is 0. The number of benzene rings is 2. The van der Waals surface area contributed by atoms with E-state index in [4.69, 9.17) is 4.74 Å². The van der Waals surface area contributed by atoms with E-state index in [1.54, 1.807) is 11.3 Å². The highest BCUT2D eigenvalue weighted by Gasteiger charge is 2.23. The number of hydrogen-bond donors (Lipinski definition) is 1. The Morgan fingerprint density at radius 2 is 2.03 bits per heavy atom. The first kappa shape index (κ1) is 20.0. The fraction of sp³-hybridized carbons (Fsp3) is 0.391. The summed E-state index contributed by atoms with van der Waals surface area (Å²) in [6.45, 7) is 5.99. The van der Waals surface area contributed by atoms with Crippen LogP contribution in [0.3, 0.4) is 0 Å². The highest BCUT2D eigenvalue weighted by atomic mass is 32.1. The highest BCUT2D eigenvalue weighted by Crippen LogP contribution is 2.24. The Balaban J connectivity index is 1.36. The molecule has 4 rings (SSSR count). The minimum Gasteiger partial charge on any atom is -0.379 e. The van der Waals surface area contributed by atoms with Crippen molar-refractivity contribution in [2.75, 3.05) is 32.8 Å². The Bertz CT molecular complexity index is 932. The molecule has 0 radical (unpaired) electrons. The molecule has 1 aliphatic rings. The molecule has 152 valence electrons. The molecule has 1 fully saturated rings. The van der Waals surface area contributed by atoms with Crippen LogP contribution in [0, 0.1) is 6.92 Å². The maximum Gasteiger partial charge on any atom is 0.220 e. The molecule has 1 unspecified atom stereocenters. The molecule has 29 heavy (non-hydrogen) atoms. The number of hydrogen-bond acceptors (Lipinski definition) is 5. The van der Waals surface area contributed by atoms with Crippen LogP contribution in [0.5, 0.6) is 0 Å². The smallest absolute Gasteiger partial charge is 0.220 e. The van der Waals surface area contributed by atoms with Gasteiger partial charge in [0.25, 0.3) is 0 Å². The van der Waals surface area contributed by atoms with Crippen LogP contribution in [0.15, 0.2) is 48.5 Å². The number of amides is 1. The highest BCUT2D eigenvalue weighted by molar-refractivity contribution is 7.18. The van der Waals surface area contributed by atoms with Crippen LogP contribution in [0.4, 0.5) is 0 Å². The van der Waals surface area contributed by atoms with Crippen molar-refractivity contribution in [3.63, 3.8) is 0 Å². The van der Waals surface area contributed by atoms with E-state index < -0.39 is 0 Å². The molecule has 1 amide bonds. The van der Waals surface area contributed by atoms with E-state index in [1.807, 2.05) is 18.2 Å². The van der Waals surface area contributed by atoms with Gasteiger partial charge in [0.1, 0.15) is 0 Å². The summed E-state index contributed by atoms with van der Waals surface area (Å²) < 4.78 is 6.69. The zero-order valence-electron chi connectivity index (χ0n) is 16.8. The second-order valence-corrected chi connectivity index (χ2v) is 8.57. The number of morpholine rings is 1. The molecule has 2 aromatic carbocycles. The van der Waals surface area contributed by atoms with Crippen LogP contribution in [0.2, 0.25) is 0 Å². The number of nitrogens with zero attached hydrogens (tertiary/aromatic N) is 2. The van der Waals surface area contributed by atoms with E-state index in [0.29, 0.717) is 19.4 Å². The number of aromatic nitrogens is 1. The first-order chi connectivity index (χ1) is 14.2. The van der Waals surface area contributed by atoms with Gasteiger partial charge >= 0.3 is 0 Å². The van der Waals surface area contributed by atoms with E-state index in [-0.39, 0.29) is 11.9 Å². The van der Waals surface area contributed by atoms with Gasteiger partial charge in [-0.15, -0.1) is 11.3 Å². The van der Waals surface area contributed by atoms with E-state index >= 15 is 0 Å². The van der Waals surface area contributed by atoms with Gasteiger partial charge in [-0.05, 0) is 24.6 Å². The first-order valence-electron chi connectivity index (χ1n) is 10.2. The van der Waals surface area contributed by atoms with Gasteiger partial charge in [-0.25, -0.2) is 4.98 Å². The van der Waals surface area contributed by atoms with Gasteiger partial charge in [0, 0.05) is 32.5 Å². The number of rotatable bonds is 7. The summed E-state index contributed by atoms with van der Waals surface area (Å²) in [5, 5.41) is 4.18. The average Bonchev–Trinajstić information content (AvgIpc) is 3.16. The van der Waals surface area contributed by atoms with Crippen LogP contribution in [-0.4, -0.2) is 48.6 Å². The summed E-state index contributed by atoms with van der Waals surface area (Å²) >= 11 is 1.67. The third-order valence-corrected chi connectivity index (χ3v) is 6.41. The van der Waals surface area contributed by atoms with Crippen LogP contribution in [0.25, 0.3) is 10.2 Å². The molecule has 1 aromatic heterocycles. The zero-order valence-corrected chi connectivity index (χ0v) is 17.6. The molecule has 3 aromatic rings. The Kier molecular flexibility index (Phi) is 6.54. The average molecular weight is 410 g/mol. The summed E-state index contributed by atoms with van der Waals surface area (Å²) in [6.07, 6.45) is 1.14. The molecule has 1 saturated heterocycles. The number of thiazole rings is 1. The molecule has 0 spiro atoms. The lowest BCUT2D eigenvalue weighted by Gasteiger charge is -2.35. The van der Waals surface area contributed by atoms with Crippen molar-refractivity contribution < 1.29 is 9.53 Å². The molecular formula is C23H27N3O2S. The molecule has 5 nitrogen and oxygen atoms in total. The van der Waals surface area contributed by atoms with E-state index in [2.05, 4.69) is 52.5 Å². The van der Waals surface area contributed by atoms with Crippen molar-refractivity contribution in [1.82, 2.24) is 15.2 Å². The standard InChI is InChI=1S/C23H27N3O2S/c1-17-5-4-6-18(15-17)20(26-11-13-28-14-12-26)16-24-22(27)9-10-23-25-19-7-2-3-8-21(19)29-23/h2-8,15,20H,9-14,16H2,1H3,(H,24,27). The van der Waals surface area contributed by atoms with Crippen LogP contribution in [0.1, 0.15) is 28.6 Å². The third-order valence-electron chi connectivity index (χ3n) is 5.31. The maximum atomic E-state index is 12.5. The largest absolute Gasteiger partial charge is 0.379 e. The van der Waals surface area contributed by atoms with E-state index in [1.165, 1.54) is 15.8 Å². The normalized spacial score (nSPS) is 16.0. The minimum atomic E-state index is 0.0789. The number of ether oxygens (including phenoxy) is 1. The van der Waals surface area contributed by atoms with Gasteiger partial charge < -0.3 is 10.1 Å². The Morgan fingerprint density at radius 3 is 2.83 bits per heavy atom. The molecule has 1 atom stereocenters. The number of nitrogens with one attached hydrogen (secondary N) is 1. The van der Waals surface area contributed by atoms with Crippen molar-refractivity contribution in [2.24, 2.45) is 0 Å². The number of para-hydroxylation sites is 1. The summed E-state index contributed by atoms with van der Waals surface area (Å²) in [4.78, 5) is 19.6. The van der Waals surface area contributed by atoms with Crippen LogP contribution < -0.4 is 5.32 Å². The van der Waals surface area contributed by atoms with Gasteiger partial charge in [0.15, 0.2) is 0 Å². The maximum absolute atomic E-state index is 12.5. The number of carbonyl (C=O) groups excluding carboxylic acids is 1. The van der Waals surface area contributed by atoms with Crippen molar-refractivity contribution in [2.45, 2.75) is 25.8 Å². The third kappa shape index (κ3) is 5.21. The number of aryl methyl sites for hydroxylation is 2. The zero-order chi connectivity index (χ0) is 20.1. The van der Waals surface area contributed by atoms with Crippen molar-refractivity contribution in [3.05, 3.63) is 64.7 Å². The van der Waals surface area contributed by atoms with Gasteiger partial charge in [-0.3, -0.25) is 9.69 Å². The fourth-order valence-corrected chi connectivity index (χ4v) is 4.74. The molecule has 0 aliphatic carbocycles. The Morgan fingerprint density at radius 1 is 1.21 bits per heavy atom. The first-order valence-corrected chi connectivity index (χ1v) is 11.0. The van der Waals surface area contributed by atoms with Crippen molar-refractivity contribution >= 4 is 27.5 Å². The second kappa shape index (κ2) is 9.48.